The van der Waals surface area contributed by atoms with Crippen LogP contribution in [0.5, 0.6) is 0 Å². The van der Waals surface area contributed by atoms with Crippen LogP contribution in [0.15, 0.2) is 35.7 Å². The van der Waals surface area contributed by atoms with Crippen LogP contribution in [-0.2, 0) is 16.0 Å². The van der Waals surface area contributed by atoms with Crippen molar-refractivity contribution in [3.05, 3.63) is 52.0 Å². The Morgan fingerprint density at radius 3 is 2.53 bits per heavy atom. The Hall–Kier alpha value is -2.71. The number of rotatable bonds is 15. The number of carbonyl (C=O) groups is 2. The lowest BCUT2D eigenvalue weighted by Crippen LogP contribution is -2.48. The van der Waals surface area contributed by atoms with Gasteiger partial charge in [-0.1, -0.05) is 40.7 Å². The third kappa shape index (κ3) is 7.90. The highest BCUT2D eigenvalue weighted by Gasteiger charge is 2.24. The molecule has 0 saturated heterocycles. The first-order valence-electron chi connectivity index (χ1n) is 13.9. The smallest absolute Gasteiger partial charge is 0.252 e. The second-order valence-electron chi connectivity index (χ2n) is 10.6. The topological polar surface area (TPSA) is 85.2 Å². The molecule has 7 nitrogen and oxygen atoms in total. The highest BCUT2D eigenvalue weighted by molar-refractivity contribution is 7.09. The van der Waals surface area contributed by atoms with E-state index >= 15 is 0 Å². The van der Waals surface area contributed by atoms with Gasteiger partial charge in [-0.25, -0.2) is 4.98 Å². The Morgan fingerprint density at radius 1 is 1.13 bits per heavy atom. The van der Waals surface area contributed by atoms with Crippen LogP contribution in [0, 0.1) is 11.8 Å². The summed E-state index contributed by atoms with van der Waals surface area (Å²) in [6.07, 6.45) is 4.23. The first kappa shape index (κ1) is 29.8. The molecule has 0 spiro atoms. The Balaban J connectivity index is 1.81. The van der Waals surface area contributed by atoms with Gasteiger partial charge in [-0.05, 0) is 67.2 Å². The Labute approximate surface area is 231 Å². The molecule has 2 heterocycles. The molecule has 2 atom stereocenters. The van der Waals surface area contributed by atoms with E-state index in [1.165, 1.54) is 4.88 Å². The van der Waals surface area contributed by atoms with E-state index in [0.717, 1.165) is 42.5 Å². The van der Waals surface area contributed by atoms with Gasteiger partial charge in [-0.15, -0.1) is 11.3 Å². The number of nitrogens with zero attached hydrogens (tertiary/aromatic N) is 2. The van der Waals surface area contributed by atoms with E-state index in [-0.39, 0.29) is 17.7 Å². The number of hydrogen-bond acceptors (Lipinski definition) is 5. The number of carbonyl (C=O) groups excluding carboxylic acids is 2. The lowest BCUT2D eigenvalue weighted by molar-refractivity contribution is -0.123. The summed E-state index contributed by atoms with van der Waals surface area (Å²) in [6, 6.07) is 9.67. The lowest BCUT2D eigenvalue weighted by Gasteiger charge is -2.21. The van der Waals surface area contributed by atoms with E-state index in [9.17, 15) is 9.59 Å². The van der Waals surface area contributed by atoms with Crippen LogP contribution in [-0.4, -0.2) is 47.7 Å². The molecule has 0 saturated carbocycles. The van der Waals surface area contributed by atoms with Crippen molar-refractivity contribution < 1.29 is 14.3 Å². The van der Waals surface area contributed by atoms with Crippen LogP contribution in [0.1, 0.15) is 87.4 Å². The fraction of sp³-hybridized carbons (Fsp3) is 0.567. The fourth-order valence-corrected chi connectivity index (χ4v) is 5.51. The molecular formula is C30H44N4O3S. The van der Waals surface area contributed by atoms with Gasteiger partial charge in [0.25, 0.3) is 5.91 Å². The Morgan fingerprint density at radius 2 is 1.89 bits per heavy atom. The van der Waals surface area contributed by atoms with E-state index < -0.39 is 6.04 Å². The summed E-state index contributed by atoms with van der Waals surface area (Å²) in [6.45, 7) is 11.8. The number of imidazole rings is 1. The molecule has 3 aromatic rings. The first-order chi connectivity index (χ1) is 18.3. The van der Waals surface area contributed by atoms with Crippen molar-refractivity contribution in [1.29, 1.82) is 0 Å². The maximum Gasteiger partial charge on any atom is 0.252 e. The molecule has 0 fully saturated rings. The Kier molecular flexibility index (Phi) is 11.3. The van der Waals surface area contributed by atoms with Gasteiger partial charge < -0.3 is 19.9 Å². The zero-order chi connectivity index (χ0) is 27.7. The van der Waals surface area contributed by atoms with Crippen LogP contribution in [0.25, 0.3) is 11.0 Å². The van der Waals surface area contributed by atoms with E-state index in [1.54, 1.807) is 18.4 Å². The van der Waals surface area contributed by atoms with Gasteiger partial charge >= 0.3 is 0 Å². The number of methoxy groups -OCH3 is 1. The molecule has 0 aliphatic heterocycles. The SMILES string of the molecule is CCC(CC)n1c(Cc2cccs2)nc2cc(C(=O)N[C@@H](CC(C)C)C(=O)NCC(C)CCOC)ccc21. The quantitative estimate of drug-likeness (QED) is 0.248. The van der Waals surface area contributed by atoms with Gasteiger partial charge in [0.1, 0.15) is 11.9 Å². The van der Waals surface area contributed by atoms with Crippen molar-refractivity contribution in [3.8, 4) is 0 Å². The average molecular weight is 541 g/mol. The number of thiophene rings is 1. The maximum absolute atomic E-state index is 13.3. The molecule has 1 unspecified atom stereocenters. The van der Waals surface area contributed by atoms with Gasteiger partial charge in [-0.3, -0.25) is 9.59 Å². The van der Waals surface area contributed by atoms with Gasteiger partial charge in [0.15, 0.2) is 0 Å². The molecule has 2 amide bonds. The summed E-state index contributed by atoms with van der Waals surface area (Å²) in [7, 11) is 1.68. The summed E-state index contributed by atoms with van der Waals surface area (Å²) in [5.41, 5.74) is 2.38. The zero-order valence-corrected chi connectivity index (χ0v) is 24.6. The number of hydrogen-bond donors (Lipinski definition) is 2. The predicted octanol–water partition coefficient (Wildman–Crippen LogP) is 5.98. The van der Waals surface area contributed by atoms with Crippen molar-refractivity contribution >= 4 is 34.2 Å². The average Bonchev–Trinajstić information content (AvgIpc) is 3.53. The second kappa shape index (κ2) is 14.4. The van der Waals surface area contributed by atoms with Crippen molar-refractivity contribution in [1.82, 2.24) is 20.2 Å². The van der Waals surface area contributed by atoms with Gasteiger partial charge in [-0.2, -0.15) is 0 Å². The number of amides is 2. The highest BCUT2D eigenvalue weighted by Crippen LogP contribution is 2.28. The van der Waals surface area contributed by atoms with Crippen LogP contribution in [0.3, 0.4) is 0 Å². The second-order valence-corrected chi connectivity index (χ2v) is 11.6. The molecule has 2 N–H and O–H groups in total. The van der Waals surface area contributed by atoms with Gasteiger partial charge in [0, 0.05) is 43.2 Å². The van der Waals surface area contributed by atoms with Crippen molar-refractivity contribution in [2.24, 2.45) is 11.8 Å². The van der Waals surface area contributed by atoms with E-state index in [0.29, 0.717) is 37.1 Å². The van der Waals surface area contributed by atoms with Crippen LogP contribution in [0.2, 0.25) is 0 Å². The van der Waals surface area contributed by atoms with E-state index in [1.807, 2.05) is 18.2 Å². The van der Waals surface area contributed by atoms with Crippen LogP contribution in [0.4, 0.5) is 0 Å². The van der Waals surface area contributed by atoms with Gasteiger partial charge in [0.05, 0.1) is 11.0 Å². The molecule has 2 aromatic heterocycles. The minimum atomic E-state index is -0.593. The summed E-state index contributed by atoms with van der Waals surface area (Å²) >= 11 is 1.73. The zero-order valence-electron chi connectivity index (χ0n) is 23.8. The minimum absolute atomic E-state index is 0.145. The predicted molar refractivity (Wildman–Crippen MR) is 156 cm³/mol. The van der Waals surface area contributed by atoms with Crippen LogP contribution >= 0.6 is 11.3 Å². The summed E-state index contributed by atoms with van der Waals surface area (Å²) in [5, 5.41) is 8.10. The third-order valence-electron chi connectivity index (χ3n) is 7.01. The van der Waals surface area contributed by atoms with Crippen molar-refractivity contribution in [2.45, 2.75) is 78.8 Å². The molecule has 0 radical (unpaired) electrons. The lowest BCUT2D eigenvalue weighted by atomic mass is 10.0. The standard InChI is InChI=1S/C30H44N4O3S/c1-7-23(8-2)34-27-12-11-22(17-25(27)32-28(34)18-24-10-9-15-38-24)29(35)33-26(16-20(3)4)30(36)31-19-21(5)13-14-37-6/h9-12,15,17,20-21,23,26H,7-8,13-14,16,18-19H2,1-6H3,(H,31,36)(H,33,35)/t21?,26-/m0/s1. The summed E-state index contributed by atoms with van der Waals surface area (Å²) in [5.74, 6) is 1.18. The molecule has 0 aliphatic carbocycles. The molecule has 208 valence electrons. The van der Waals surface area contributed by atoms with E-state index in [4.69, 9.17) is 9.72 Å². The normalized spacial score (nSPS) is 13.3. The first-order valence-corrected chi connectivity index (χ1v) is 14.8. The Bertz CT molecular complexity index is 1170. The third-order valence-corrected chi connectivity index (χ3v) is 7.89. The molecule has 1 aromatic carbocycles. The molecule has 0 aliphatic rings. The van der Waals surface area contributed by atoms with Crippen molar-refractivity contribution in [2.75, 3.05) is 20.3 Å². The minimum Gasteiger partial charge on any atom is -0.385 e. The molecular weight excluding hydrogens is 496 g/mol. The number of benzene rings is 1. The summed E-state index contributed by atoms with van der Waals surface area (Å²) in [4.78, 5) is 32.6. The largest absolute Gasteiger partial charge is 0.385 e. The number of aromatic nitrogens is 2. The van der Waals surface area contributed by atoms with E-state index in [2.05, 4.69) is 67.3 Å². The number of nitrogens with one attached hydrogen (secondary N) is 2. The maximum atomic E-state index is 13.3. The number of fused-ring (bicyclic) bond motifs is 1. The monoisotopic (exact) mass is 540 g/mol. The molecule has 3 rings (SSSR count). The van der Waals surface area contributed by atoms with Gasteiger partial charge in [0.2, 0.25) is 5.91 Å². The molecule has 0 bridgehead atoms. The number of ether oxygens (including phenoxy) is 1. The molecule has 8 heteroatoms. The molecule has 38 heavy (non-hydrogen) atoms. The van der Waals surface area contributed by atoms with Crippen molar-refractivity contribution in [3.63, 3.8) is 0 Å². The summed E-state index contributed by atoms with van der Waals surface area (Å²) < 4.78 is 7.48. The highest BCUT2D eigenvalue weighted by atomic mass is 32.1. The fourth-order valence-electron chi connectivity index (χ4n) is 4.81. The van der Waals surface area contributed by atoms with Crippen LogP contribution < -0.4 is 10.6 Å².